The highest BCUT2D eigenvalue weighted by Crippen LogP contribution is 2.18. The molecule has 1 aliphatic rings. The third kappa shape index (κ3) is 4.30. The summed E-state index contributed by atoms with van der Waals surface area (Å²) in [6.07, 6.45) is 3.37. The van der Waals surface area contributed by atoms with Gasteiger partial charge in [0.05, 0.1) is 0 Å². The summed E-state index contributed by atoms with van der Waals surface area (Å²) in [5, 5.41) is 3.56. The molecule has 2 unspecified atom stereocenters. The van der Waals surface area contributed by atoms with Crippen molar-refractivity contribution in [2.24, 2.45) is 5.73 Å². The number of nitrogens with two attached hydrogens (primary N) is 1. The maximum atomic E-state index is 6.34. The van der Waals surface area contributed by atoms with Crippen molar-refractivity contribution in [1.29, 1.82) is 0 Å². The Morgan fingerprint density at radius 1 is 1.37 bits per heavy atom. The molecule has 0 aliphatic carbocycles. The minimum absolute atomic E-state index is 0.139. The second kappa shape index (κ2) is 7.04. The highest BCUT2D eigenvalue weighted by molar-refractivity contribution is 5.25. The quantitative estimate of drug-likeness (QED) is 0.851. The molecule has 1 aromatic rings. The molecule has 0 spiro atoms. The van der Waals surface area contributed by atoms with Gasteiger partial charge in [-0.05, 0) is 31.0 Å². The van der Waals surface area contributed by atoms with Crippen LogP contribution in [0.5, 0.6) is 0 Å². The lowest BCUT2D eigenvalue weighted by Gasteiger charge is -2.32. The van der Waals surface area contributed by atoms with Gasteiger partial charge in [-0.15, -0.1) is 0 Å². The van der Waals surface area contributed by atoms with E-state index in [1.54, 1.807) is 0 Å². The van der Waals surface area contributed by atoms with Gasteiger partial charge >= 0.3 is 0 Å². The van der Waals surface area contributed by atoms with E-state index in [9.17, 15) is 0 Å². The minimum atomic E-state index is 0.139. The van der Waals surface area contributed by atoms with Gasteiger partial charge in [-0.3, -0.25) is 0 Å². The zero-order valence-corrected chi connectivity index (χ0v) is 12.2. The highest BCUT2D eigenvalue weighted by atomic mass is 15.2. The summed E-state index contributed by atoms with van der Waals surface area (Å²) in [6, 6.07) is 9.49. The van der Waals surface area contributed by atoms with Gasteiger partial charge in [-0.2, -0.15) is 0 Å². The molecule has 3 nitrogen and oxygen atoms in total. The van der Waals surface area contributed by atoms with Crippen LogP contribution < -0.4 is 11.1 Å². The van der Waals surface area contributed by atoms with E-state index in [-0.39, 0.29) is 6.04 Å². The van der Waals surface area contributed by atoms with Crippen molar-refractivity contribution in [3.05, 3.63) is 35.4 Å². The van der Waals surface area contributed by atoms with Crippen LogP contribution in [-0.4, -0.2) is 37.6 Å². The summed E-state index contributed by atoms with van der Waals surface area (Å²) in [7, 11) is 2.18. The average Bonchev–Trinajstić information content (AvgIpc) is 2.40. The zero-order valence-electron chi connectivity index (χ0n) is 12.2. The van der Waals surface area contributed by atoms with Crippen LogP contribution in [0, 0.1) is 0 Å². The first-order valence-electron chi connectivity index (χ1n) is 7.45. The topological polar surface area (TPSA) is 41.3 Å². The molecule has 0 bridgehead atoms. The monoisotopic (exact) mass is 261 g/mol. The van der Waals surface area contributed by atoms with Crippen LogP contribution in [0.25, 0.3) is 0 Å². The molecule has 1 fully saturated rings. The number of aryl methyl sites for hydroxylation is 1. The van der Waals surface area contributed by atoms with Crippen molar-refractivity contribution in [3.63, 3.8) is 0 Å². The van der Waals surface area contributed by atoms with Crippen molar-refractivity contribution in [2.75, 3.05) is 26.7 Å². The molecule has 0 saturated carbocycles. The molecule has 0 amide bonds. The second-order valence-corrected chi connectivity index (χ2v) is 5.75. The van der Waals surface area contributed by atoms with Crippen molar-refractivity contribution in [2.45, 2.75) is 38.3 Å². The molecule has 1 heterocycles. The smallest absolute Gasteiger partial charge is 0.0310 e. The first-order chi connectivity index (χ1) is 9.19. The molecule has 1 saturated heterocycles. The molecule has 106 valence electrons. The fourth-order valence-corrected chi connectivity index (χ4v) is 2.81. The van der Waals surface area contributed by atoms with Crippen molar-refractivity contribution in [1.82, 2.24) is 10.2 Å². The lowest BCUT2D eigenvalue weighted by Crippen LogP contribution is -2.49. The number of piperazine rings is 1. The van der Waals surface area contributed by atoms with E-state index in [4.69, 9.17) is 5.73 Å². The van der Waals surface area contributed by atoms with Gasteiger partial charge in [-0.1, -0.05) is 37.6 Å². The van der Waals surface area contributed by atoms with Gasteiger partial charge in [0.25, 0.3) is 0 Å². The molecule has 0 aromatic heterocycles. The van der Waals surface area contributed by atoms with E-state index in [0.29, 0.717) is 6.04 Å². The summed E-state index contributed by atoms with van der Waals surface area (Å²) in [5.41, 5.74) is 9.01. The van der Waals surface area contributed by atoms with E-state index in [1.807, 2.05) is 0 Å². The standard InChI is InChI=1S/C16H27N3/c1-3-4-13-5-7-14(8-6-13)16(17)11-15-12-19(2)10-9-18-15/h5-8,15-16,18H,3-4,9-12,17H2,1-2H3. The molecule has 2 atom stereocenters. The van der Waals surface area contributed by atoms with Crippen LogP contribution in [0.1, 0.15) is 36.9 Å². The largest absolute Gasteiger partial charge is 0.324 e. The second-order valence-electron chi connectivity index (χ2n) is 5.75. The molecule has 0 radical (unpaired) electrons. The summed E-state index contributed by atoms with van der Waals surface area (Å²) in [6.45, 7) is 5.52. The fraction of sp³-hybridized carbons (Fsp3) is 0.625. The number of benzene rings is 1. The van der Waals surface area contributed by atoms with Gasteiger partial charge < -0.3 is 16.0 Å². The van der Waals surface area contributed by atoms with Gasteiger partial charge in [0, 0.05) is 31.7 Å². The lowest BCUT2D eigenvalue weighted by molar-refractivity contribution is 0.226. The first kappa shape index (κ1) is 14.5. The van der Waals surface area contributed by atoms with Gasteiger partial charge in [0.15, 0.2) is 0 Å². The maximum absolute atomic E-state index is 6.34. The van der Waals surface area contributed by atoms with Crippen LogP contribution in [0.2, 0.25) is 0 Å². The van der Waals surface area contributed by atoms with E-state index < -0.39 is 0 Å². The highest BCUT2D eigenvalue weighted by Gasteiger charge is 2.19. The Morgan fingerprint density at radius 2 is 2.11 bits per heavy atom. The Bertz CT molecular complexity index is 374. The molecule has 3 N–H and O–H groups in total. The number of hydrogen-bond donors (Lipinski definition) is 2. The average molecular weight is 261 g/mol. The lowest BCUT2D eigenvalue weighted by atomic mass is 9.97. The Kier molecular flexibility index (Phi) is 5.37. The summed E-state index contributed by atoms with van der Waals surface area (Å²) in [5.74, 6) is 0. The van der Waals surface area contributed by atoms with Crippen LogP contribution in [0.4, 0.5) is 0 Å². The first-order valence-corrected chi connectivity index (χ1v) is 7.45. The fourth-order valence-electron chi connectivity index (χ4n) is 2.81. The Labute approximate surface area is 117 Å². The number of hydrogen-bond acceptors (Lipinski definition) is 3. The van der Waals surface area contributed by atoms with Crippen molar-refractivity contribution in [3.8, 4) is 0 Å². The van der Waals surface area contributed by atoms with E-state index in [1.165, 1.54) is 17.5 Å². The van der Waals surface area contributed by atoms with Crippen LogP contribution >= 0.6 is 0 Å². The van der Waals surface area contributed by atoms with Gasteiger partial charge in [0.1, 0.15) is 0 Å². The number of likely N-dealkylation sites (N-methyl/N-ethyl adjacent to an activating group) is 1. The summed E-state index contributed by atoms with van der Waals surface area (Å²) < 4.78 is 0. The number of nitrogens with one attached hydrogen (secondary N) is 1. The van der Waals surface area contributed by atoms with E-state index in [0.717, 1.165) is 32.5 Å². The minimum Gasteiger partial charge on any atom is -0.324 e. The van der Waals surface area contributed by atoms with Crippen LogP contribution in [0.3, 0.4) is 0 Å². The van der Waals surface area contributed by atoms with Crippen LogP contribution in [0.15, 0.2) is 24.3 Å². The molecular weight excluding hydrogens is 234 g/mol. The number of nitrogens with zero attached hydrogens (tertiary/aromatic N) is 1. The number of rotatable bonds is 5. The molecular formula is C16H27N3. The Morgan fingerprint density at radius 3 is 2.74 bits per heavy atom. The maximum Gasteiger partial charge on any atom is 0.0310 e. The predicted molar refractivity (Wildman–Crippen MR) is 81.3 cm³/mol. The molecule has 1 aromatic carbocycles. The normalized spacial score (nSPS) is 22.4. The van der Waals surface area contributed by atoms with E-state index >= 15 is 0 Å². The Balaban J connectivity index is 1.89. The molecule has 2 rings (SSSR count). The third-order valence-electron chi connectivity index (χ3n) is 3.94. The molecule has 3 heteroatoms. The summed E-state index contributed by atoms with van der Waals surface area (Å²) >= 11 is 0. The Hall–Kier alpha value is -0.900. The predicted octanol–water partition coefficient (Wildman–Crippen LogP) is 1.93. The van der Waals surface area contributed by atoms with Crippen LogP contribution in [-0.2, 0) is 6.42 Å². The molecule has 19 heavy (non-hydrogen) atoms. The zero-order chi connectivity index (χ0) is 13.7. The van der Waals surface area contributed by atoms with Gasteiger partial charge in [-0.25, -0.2) is 0 Å². The third-order valence-corrected chi connectivity index (χ3v) is 3.94. The molecule has 1 aliphatic heterocycles. The summed E-state index contributed by atoms with van der Waals surface area (Å²) in [4.78, 5) is 2.37. The van der Waals surface area contributed by atoms with Crippen molar-refractivity contribution >= 4 is 0 Å². The van der Waals surface area contributed by atoms with E-state index in [2.05, 4.69) is 48.5 Å². The van der Waals surface area contributed by atoms with Crippen molar-refractivity contribution < 1.29 is 0 Å². The SMILES string of the molecule is CCCc1ccc(C(N)CC2CN(C)CCN2)cc1. The van der Waals surface area contributed by atoms with Gasteiger partial charge in [0.2, 0.25) is 0 Å².